The highest BCUT2D eigenvalue weighted by Crippen LogP contribution is 2.32. The molecule has 0 N–H and O–H groups in total. The molecule has 26 heavy (non-hydrogen) atoms. The van der Waals surface area contributed by atoms with Crippen LogP contribution in [0.4, 0.5) is 8.78 Å². The maximum Gasteiger partial charge on any atom is 0.278 e. The number of ether oxygens (including phenoxy) is 1. The van der Waals surface area contributed by atoms with Gasteiger partial charge in [0.1, 0.15) is 18.0 Å². The molecule has 7 heteroatoms. The van der Waals surface area contributed by atoms with E-state index in [1.165, 1.54) is 6.07 Å². The van der Waals surface area contributed by atoms with Crippen molar-refractivity contribution in [3.05, 3.63) is 52.6 Å². The lowest BCUT2D eigenvalue weighted by Crippen LogP contribution is -2.11. The maximum absolute atomic E-state index is 14.1. The van der Waals surface area contributed by atoms with Gasteiger partial charge in [-0.1, -0.05) is 36.9 Å². The van der Waals surface area contributed by atoms with Gasteiger partial charge in [-0.05, 0) is 18.9 Å². The van der Waals surface area contributed by atoms with Gasteiger partial charge in [-0.25, -0.2) is 4.98 Å². The summed E-state index contributed by atoms with van der Waals surface area (Å²) in [6, 6.07) is 3.68. The number of nitrogens with zero attached hydrogens (tertiary/aromatic N) is 2. The SMILES string of the molecule is [2H]C1CCCCC1c1ncc(F)c(OCc2ccc(Cl)c3cc(F)oc23)n1. The highest BCUT2D eigenvalue weighted by atomic mass is 35.5. The van der Waals surface area contributed by atoms with E-state index in [-0.39, 0.29) is 30.4 Å². The molecule has 1 aromatic carbocycles. The van der Waals surface area contributed by atoms with Gasteiger partial charge in [0, 0.05) is 24.3 Å². The van der Waals surface area contributed by atoms with Crippen LogP contribution in [-0.4, -0.2) is 9.97 Å². The summed E-state index contributed by atoms with van der Waals surface area (Å²) in [4.78, 5) is 8.27. The van der Waals surface area contributed by atoms with Crippen molar-refractivity contribution in [2.24, 2.45) is 0 Å². The third-order valence-electron chi connectivity index (χ3n) is 4.53. The number of aromatic nitrogens is 2. The number of halogens is 3. The van der Waals surface area contributed by atoms with Crippen molar-refractivity contribution in [3.63, 3.8) is 0 Å². The van der Waals surface area contributed by atoms with Crippen LogP contribution in [0.1, 0.15) is 50.8 Å². The van der Waals surface area contributed by atoms with E-state index in [0.29, 0.717) is 21.8 Å². The molecule has 1 saturated carbocycles. The van der Waals surface area contributed by atoms with E-state index < -0.39 is 11.8 Å². The summed E-state index contributed by atoms with van der Waals surface area (Å²) in [5.41, 5.74) is 0.780. The number of furan rings is 1. The van der Waals surface area contributed by atoms with E-state index in [1.54, 1.807) is 12.1 Å². The maximum atomic E-state index is 14.1. The average molecular weight is 380 g/mol. The molecule has 2 unspecified atom stereocenters. The predicted molar refractivity (Wildman–Crippen MR) is 93.3 cm³/mol. The third-order valence-corrected chi connectivity index (χ3v) is 4.86. The molecule has 0 saturated heterocycles. The lowest BCUT2D eigenvalue weighted by Gasteiger charge is -2.20. The van der Waals surface area contributed by atoms with Crippen LogP contribution in [-0.2, 0) is 6.61 Å². The smallest absolute Gasteiger partial charge is 0.278 e. The van der Waals surface area contributed by atoms with Crippen molar-refractivity contribution in [2.45, 2.75) is 44.6 Å². The van der Waals surface area contributed by atoms with Crippen molar-refractivity contribution in [1.29, 1.82) is 0 Å². The van der Waals surface area contributed by atoms with Gasteiger partial charge in [-0.2, -0.15) is 13.8 Å². The monoisotopic (exact) mass is 379 g/mol. The van der Waals surface area contributed by atoms with E-state index in [1.807, 2.05) is 0 Å². The quantitative estimate of drug-likeness (QED) is 0.576. The van der Waals surface area contributed by atoms with E-state index in [0.717, 1.165) is 31.9 Å². The predicted octanol–water partition coefficient (Wildman–Crippen LogP) is 5.78. The van der Waals surface area contributed by atoms with E-state index in [9.17, 15) is 8.78 Å². The van der Waals surface area contributed by atoms with Gasteiger partial charge in [0.25, 0.3) is 11.9 Å². The minimum absolute atomic E-state index is 0.0665. The molecule has 4 rings (SSSR count). The van der Waals surface area contributed by atoms with Crippen molar-refractivity contribution in [1.82, 2.24) is 9.97 Å². The van der Waals surface area contributed by atoms with Crippen molar-refractivity contribution < 1.29 is 19.3 Å². The summed E-state index contributed by atoms with van der Waals surface area (Å²) in [5.74, 6) is -0.570. The van der Waals surface area contributed by atoms with Crippen LogP contribution in [0, 0.1) is 11.8 Å². The van der Waals surface area contributed by atoms with Crippen LogP contribution in [0.25, 0.3) is 11.0 Å². The first kappa shape index (κ1) is 16.0. The normalized spacial score (nSPS) is 21.0. The Morgan fingerprint density at radius 1 is 1.31 bits per heavy atom. The molecule has 2 atom stereocenters. The fourth-order valence-corrected chi connectivity index (χ4v) is 3.40. The molecule has 4 nitrogen and oxygen atoms in total. The Kier molecular flexibility index (Phi) is 4.43. The minimum atomic E-state index is -0.756. The molecule has 0 amide bonds. The molecule has 136 valence electrons. The first-order valence-electron chi connectivity index (χ1n) is 9.04. The van der Waals surface area contributed by atoms with Crippen LogP contribution >= 0.6 is 11.6 Å². The molecular weight excluding hydrogens is 362 g/mol. The average Bonchev–Trinajstić information content (AvgIpc) is 3.06. The van der Waals surface area contributed by atoms with Crippen molar-refractivity contribution in [3.8, 4) is 5.88 Å². The summed E-state index contributed by atoms with van der Waals surface area (Å²) in [5, 5.41) is 0.786. The molecule has 1 fully saturated rings. The zero-order valence-corrected chi connectivity index (χ0v) is 14.6. The summed E-state index contributed by atoms with van der Waals surface area (Å²) in [6.45, 7) is -0.0665. The van der Waals surface area contributed by atoms with Gasteiger partial charge in [0.2, 0.25) is 5.82 Å². The number of hydrogen-bond acceptors (Lipinski definition) is 4. The Morgan fingerprint density at radius 2 is 2.19 bits per heavy atom. The molecule has 0 radical (unpaired) electrons. The number of rotatable bonds is 4. The molecule has 0 aliphatic heterocycles. The van der Waals surface area contributed by atoms with Crippen LogP contribution in [0.15, 0.2) is 28.8 Å². The highest BCUT2D eigenvalue weighted by molar-refractivity contribution is 6.35. The van der Waals surface area contributed by atoms with E-state index in [2.05, 4.69) is 9.97 Å². The van der Waals surface area contributed by atoms with Gasteiger partial charge in [-0.15, -0.1) is 0 Å². The second-order valence-corrected chi connectivity index (χ2v) is 6.70. The van der Waals surface area contributed by atoms with E-state index in [4.69, 9.17) is 22.1 Å². The minimum Gasteiger partial charge on any atom is -0.470 e. The number of hydrogen-bond donors (Lipinski definition) is 0. The lowest BCUT2D eigenvalue weighted by atomic mass is 9.89. The van der Waals surface area contributed by atoms with Crippen LogP contribution in [0.2, 0.25) is 5.02 Å². The molecule has 0 spiro atoms. The third kappa shape index (κ3) is 3.38. The van der Waals surface area contributed by atoms with Gasteiger partial charge >= 0.3 is 0 Å². The van der Waals surface area contributed by atoms with E-state index >= 15 is 0 Å². The zero-order valence-electron chi connectivity index (χ0n) is 14.8. The molecular formula is C19H17ClF2N2O2. The first-order valence-corrected chi connectivity index (χ1v) is 8.84. The summed E-state index contributed by atoms with van der Waals surface area (Å²) in [6.07, 6.45) is 4.39. The molecule has 3 aromatic rings. The largest absolute Gasteiger partial charge is 0.470 e. The molecule has 0 bridgehead atoms. The standard InChI is InChI=1S/C19H17ClF2N2O2/c20-14-7-6-12(17-13(14)8-16(22)26-17)10-25-19-15(21)9-23-18(24-19)11-4-2-1-3-5-11/h6-9,11H,1-5,10H2/i4D. The van der Waals surface area contributed by atoms with Gasteiger partial charge < -0.3 is 9.15 Å². The Balaban J connectivity index is 1.58. The first-order chi connectivity index (χ1) is 13.0. The highest BCUT2D eigenvalue weighted by Gasteiger charge is 2.20. The van der Waals surface area contributed by atoms with Gasteiger partial charge in [0.15, 0.2) is 0 Å². The summed E-state index contributed by atoms with van der Waals surface area (Å²) in [7, 11) is 0. The Morgan fingerprint density at radius 3 is 3.04 bits per heavy atom. The molecule has 2 heterocycles. The Hall–Kier alpha value is -2.21. The number of fused-ring (bicyclic) bond motifs is 1. The van der Waals surface area contributed by atoms with Gasteiger partial charge in [-0.3, -0.25) is 0 Å². The number of benzene rings is 1. The second kappa shape index (κ2) is 7.19. The molecule has 1 aliphatic carbocycles. The summed E-state index contributed by atoms with van der Waals surface area (Å²) >= 11 is 6.04. The fraction of sp³-hybridized carbons (Fsp3) is 0.368. The lowest BCUT2D eigenvalue weighted by molar-refractivity contribution is 0.271. The Bertz CT molecular complexity index is 982. The van der Waals surface area contributed by atoms with Crippen molar-refractivity contribution in [2.75, 3.05) is 0 Å². The topological polar surface area (TPSA) is 48.2 Å². The fourth-order valence-electron chi connectivity index (χ4n) is 3.20. The van der Waals surface area contributed by atoms with Crippen molar-refractivity contribution >= 4 is 22.6 Å². The molecule has 2 aromatic heterocycles. The van der Waals surface area contributed by atoms with Gasteiger partial charge in [0.05, 0.1) is 11.2 Å². The Labute approximate surface area is 155 Å². The van der Waals surface area contributed by atoms with Crippen LogP contribution < -0.4 is 4.74 Å². The summed E-state index contributed by atoms with van der Waals surface area (Å²) < 4.78 is 46.3. The molecule has 1 aliphatic rings. The second-order valence-electron chi connectivity index (χ2n) is 6.30. The van der Waals surface area contributed by atoms with Crippen LogP contribution in [0.5, 0.6) is 5.88 Å². The zero-order chi connectivity index (χ0) is 19.0. The van der Waals surface area contributed by atoms with Crippen LogP contribution in [0.3, 0.4) is 0 Å².